The minimum absolute atomic E-state index is 1.02. The Morgan fingerprint density at radius 1 is 0.700 bits per heavy atom. The van der Waals surface area contributed by atoms with Crippen molar-refractivity contribution in [3.05, 3.63) is 60.8 Å². The lowest BCUT2D eigenvalue weighted by Crippen LogP contribution is -1.62. The standard InChI is InChI=1S/C10H10/c1-10-8-6-4-2-3-5-7-9-10/h2-9H,1H2/b4-2-,5-3-,8-6-,9-7-. The van der Waals surface area contributed by atoms with Gasteiger partial charge in [-0.25, -0.2) is 0 Å². The van der Waals surface area contributed by atoms with Gasteiger partial charge in [-0.15, -0.1) is 0 Å². The van der Waals surface area contributed by atoms with Crippen molar-refractivity contribution < 1.29 is 0 Å². The third kappa shape index (κ3) is 2.31. The van der Waals surface area contributed by atoms with E-state index in [1.54, 1.807) is 0 Å². The second-order valence-electron chi connectivity index (χ2n) is 2.06. The molecule has 0 amide bonds. The lowest BCUT2D eigenvalue weighted by atomic mass is 10.2. The van der Waals surface area contributed by atoms with E-state index >= 15 is 0 Å². The zero-order valence-electron chi connectivity index (χ0n) is 5.83. The summed E-state index contributed by atoms with van der Waals surface area (Å²) >= 11 is 0. The Kier molecular flexibility index (Phi) is 2.50. The average molecular weight is 130 g/mol. The molecule has 0 aromatic carbocycles. The van der Waals surface area contributed by atoms with Crippen LogP contribution in [0.4, 0.5) is 0 Å². The highest BCUT2D eigenvalue weighted by atomic mass is 13.8. The molecule has 0 radical (unpaired) electrons. The van der Waals surface area contributed by atoms with Crippen molar-refractivity contribution in [2.45, 2.75) is 0 Å². The van der Waals surface area contributed by atoms with Crippen LogP contribution in [0.2, 0.25) is 0 Å². The van der Waals surface area contributed by atoms with Gasteiger partial charge in [0.15, 0.2) is 0 Å². The third-order valence-corrected chi connectivity index (χ3v) is 1.18. The first-order chi connectivity index (χ1) is 4.89. The smallest absolute Gasteiger partial charge is 0.0329 e. The maximum absolute atomic E-state index is 3.82. The molecule has 0 saturated carbocycles. The molecule has 0 spiro atoms. The van der Waals surface area contributed by atoms with Gasteiger partial charge in [0, 0.05) is 0 Å². The predicted octanol–water partition coefficient (Wildman–Crippen LogP) is 2.78. The number of hydrogen-bond donors (Lipinski definition) is 0. The molecule has 0 heterocycles. The molecule has 0 fully saturated rings. The van der Waals surface area contributed by atoms with Crippen LogP contribution in [-0.2, 0) is 0 Å². The van der Waals surface area contributed by atoms with E-state index in [0.717, 1.165) is 5.57 Å². The Balaban J connectivity index is 2.80. The van der Waals surface area contributed by atoms with Gasteiger partial charge in [0.2, 0.25) is 0 Å². The van der Waals surface area contributed by atoms with Gasteiger partial charge in [0.1, 0.15) is 0 Å². The first-order valence-corrected chi connectivity index (χ1v) is 3.26. The van der Waals surface area contributed by atoms with E-state index in [9.17, 15) is 0 Å². The minimum Gasteiger partial charge on any atom is -0.0918 e. The monoisotopic (exact) mass is 130 g/mol. The molecule has 0 aliphatic heterocycles. The highest BCUT2D eigenvalue weighted by Crippen LogP contribution is 1.97. The van der Waals surface area contributed by atoms with Crippen LogP contribution in [0.25, 0.3) is 0 Å². The summed E-state index contributed by atoms with van der Waals surface area (Å²) in [5.74, 6) is 0. The number of rotatable bonds is 0. The molecule has 0 atom stereocenters. The van der Waals surface area contributed by atoms with E-state index in [1.165, 1.54) is 0 Å². The average Bonchev–Trinajstić information content (AvgIpc) is 2.02. The van der Waals surface area contributed by atoms with Gasteiger partial charge in [-0.1, -0.05) is 55.2 Å². The Bertz CT molecular complexity index is 200. The van der Waals surface area contributed by atoms with Crippen LogP contribution in [0.15, 0.2) is 60.8 Å². The molecule has 1 rings (SSSR count). The Labute approximate surface area is 61.6 Å². The SMILES string of the molecule is C=C1\C=C/C=C\C=C/C=C\1. The van der Waals surface area contributed by atoms with Gasteiger partial charge in [-0.05, 0) is 5.57 Å². The van der Waals surface area contributed by atoms with Gasteiger partial charge in [0.05, 0.1) is 0 Å². The molecule has 0 unspecified atom stereocenters. The zero-order valence-corrected chi connectivity index (χ0v) is 5.83. The molecular weight excluding hydrogens is 120 g/mol. The van der Waals surface area contributed by atoms with Crippen molar-refractivity contribution in [2.24, 2.45) is 0 Å². The highest BCUT2D eigenvalue weighted by molar-refractivity contribution is 5.33. The van der Waals surface area contributed by atoms with Crippen LogP contribution in [0.3, 0.4) is 0 Å². The van der Waals surface area contributed by atoms with E-state index in [-0.39, 0.29) is 0 Å². The van der Waals surface area contributed by atoms with Crippen LogP contribution in [0.5, 0.6) is 0 Å². The Morgan fingerprint density at radius 3 is 1.60 bits per heavy atom. The summed E-state index contributed by atoms with van der Waals surface area (Å²) < 4.78 is 0. The first kappa shape index (κ1) is 6.81. The van der Waals surface area contributed by atoms with Crippen molar-refractivity contribution in [3.8, 4) is 0 Å². The van der Waals surface area contributed by atoms with Crippen LogP contribution in [0.1, 0.15) is 0 Å². The van der Waals surface area contributed by atoms with Crippen LogP contribution >= 0.6 is 0 Å². The lowest BCUT2D eigenvalue weighted by molar-refractivity contribution is 1.74. The number of hydrogen-bond acceptors (Lipinski definition) is 0. The fourth-order valence-electron chi connectivity index (χ4n) is 0.670. The van der Waals surface area contributed by atoms with E-state index in [2.05, 4.69) is 6.58 Å². The van der Waals surface area contributed by atoms with E-state index in [0.29, 0.717) is 0 Å². The fraction of sp³-hybridized carbons (Fsp3) is 0. The van der Waals surface area contributed by atoms with E-state index < -0.39 is 0 Å². The summed E-state index contributed by atoms with van der Waals surface area (Å²) in [5.41, 5.74) is 1.02. The van der Waals surface area contributed by atoms with Crippen molar-refractivity contribution in [1.29, 1.82) is 0 Å². The fourth-order valence-corrected chi connectivity index (χ4v) is 0.670. The molecule has 0 bridgehead atoms. The third-order valence-electron chi connectivity index (χ3n) is 1.18. The predicted molar refractivity (Wildman–Crippen MR) is 45.7 cm³/mol. The maximum Gasteiger partial charge on any atom is -0.0329 e. The molecule has 50 valence electrons. The normalized spacial score (nSPS) is 29.4. The summed E-state index contributed by atoms with van der Waals surface area (Å²) in [6, 6.07) is 0. The molecule has 1 aliphatic rings. The van der Waals surface area contributed by atoms with Crippen molar-refractivity contribution in [1.82, 2.24) is 0 Å². The van der Waals surface area contributed by atoms with Gasteiger partial charge < -0.3 is 0 Å². The van der Waals surface area contributed by atoms with Crippen LogP contribution in [0, 0.1) is 0 Å². The second kappa shape index (κ2) is 3.67. The minimum atomic E-state index is 1.02. The Hall–Kier alpha value is -1.30. The highest BCUT2D eigenvalue weighted by Gasteiger charge is 1.77. The molecule has 0 aromatic heterocycles. The summed E-state index contributed by atoms with van der Waals surface area (Å²) in [5, 5.41) is 0. The Morgan fingerprint density at radius 2 is 1.10 bits per heavy atom. The molecule has 10 heavy (non-hydrogen) atoms. The van der Waals surface area contributed by atoms with Gasteiger partial charge >= 0.3 is 0 Å². The van der Waals surface area contributed by atoms with E-state index in [1.807, 2.05) is 48.6 Å². The van der Waals surface area contributed by atoms with Gasteiger partial charge in [-0.3, -0.25) is 0 Å². The molecule has 0 saturated heterocycles. The quantitative estimate of drug-likeness (QED) is 0.473. The topological polar surface area (TPSA) is 0 Å². The molecule has 0 heteroatoms. The van der Waals surface area contributed by atoms with Gasteiger partial charge in [0.25, 0.3) is 0 Å². The summed E-state index contributed by atoms with van der Waals surface area (Å²) in [4.78, 5) is 0. The number of allylic oxidation sites excluding steroid dienone is 9. The molecule has 0 aromatic rings. The summed E-state index contributed by atoms with van der Waals surface area (Å²) in [6.45, 7) is 3.82. The molecule has 1 aliphatic carbocycles. The van der Waals surface area contributed by atoms with Crippen LogP contribution in [-0.4, -0.2) is 0 Å². The van der Waals surface area contributed by atoms with Crippen molar-refractivity contribution >= 4 is 0 Å². The van der Waals surface area contributed by atoms with Crippen molar-refractivity contribution in [2.75, 3.05) is 0 Å². The van der Waals surface area contributed by atoms with Gasteiger partial charge in [-0.2, -0.15) is 0 Å². The maximum atomic E-state index is 3.82. The lowest BCUT2D eigenvalue weighted by Gasteiger charge is -1.82. The molecular formula is C10H10. The summed E-state index contributed by atoms with van der Waals surface area (Å²) in [6.07, 6.45) is 15.8. The summed E-state index contributed by atoms with van der Waals surface area (Å²) in [7, 11) is 0. The second-order valence-corrected chi connectivity index (χ2v) is 2.06. The zero-order chi connectivity index (χ0) is 7.23. The van der Waals surface area contributed by atoms with Crippen molar-refractivity contribution in [3.63, 3.8) is 0 Å². The van der Waals surface area contributed by atoms with Crippen LogP contribution < -0.4 is 0 Å². The molecule has 0 nitrogen and oxygen atoms in total. The molecule has 0 N–H and O–H groups in total. The van der Waals surface area contributed by atoms with E-state index in [4.69, 9.17) is 0 Å². The first-order valence-electron chi connectivity index (χ1n) is 3.26. The largest absolute Gasteiger partial charge is 0.0918 e.